The van der Waals surface area contributed by atoms with Crippen molar-refractivity contribution >= 4 is 23.2 Å². The number of ether oxygens (including phenoxy) is 1. The molecule has 0 fully saturated rings. The highest BCUT2D eigenvalue weighted by atomic mass is 35.5. The summed E-state index contributed by atoms with van der Waals surface area (Å²) in [5, 5.41) is 12.2. The van der Waals surface area contributed by atoms with E-state index in [2.05, 4.69) is 20.5 Å². The smallest absolute Gasteiger partial charge is 0.246 e. The lowest BCUT2D eigenvalue weighted by Crippen LogP contribution is -2.08. The van der Waals surface area contributed by atoms with Gasteiger partial charge >= 0.3 is 0 Å². The van der Waals surface area contributed by atoms with E-state index in [0.29, 0.717) is 17.4 Å². The fourth-order valence-corrected chi connectivity index (χ4v) is 4.14. The molecular weight excluding hydrogens is 433 g/mol. The van der Waals surface area contributed by atoms with Crippen LogP contribution in [0.5, 0.6) is 5.75 Å². The Balaban J connectivity index is 1.43. The van der Waals surface area contributed by atoms with Gasteiger partial charge in [-0.3, -0.25) is 0 Å². The van der Waals surface area contributed by atoms with E-state index in [0.717, 1.165) is 42.9 Å². The highest BCUT2D eigenvalue weighted by Crippen LogP contribution is 2.33. The topological polar surface area (TPSA) is 82.7 Å². The van der Waals surface area contributed by atoms with Crippen molar-refractivity contribution in [3.63, 3.8) is 0 Å². The SMILES string of the molecule is COc1cc(Nc2nc3n(n2)CCCC[C@H]3c2ccc(F)cc2)ccc1-n1cnc(Cl)n1. The van der Waals surface area contributed by atoms with Gasteiger partial charge in [-0.05, 0) is 54.3 Å². The van der Waals surface area contributed by atoms with E-state index >= 15 is 0 Å². The van der Waals surface area contributed by atoms with Gasteiger partial charge in [-0.2, -0.15) is 4.98 Å². The lowest BCUT2D eigenvalue weighted by Gasteiger charge is -2.14. The van der Waals surface area contributed by atoms with Crippen LogP contribution >= 0.6 is 11.6 Å². The number of nitrogens with zero attached hydrogens (tertiary/aromatic N) is 6. The maximum absolute atomic E-state index is 13.4. The van der Waals surface area contributed by atoms with Crippen molar-refractivity contribution in [2.45, 2.75) is 31.7 Å². The first-order valence-electron chi connectivity index (χ1n) is 10.3. The Hall–Kier alpha value is -3.46. The number of fused-ring (bicyclic) bond motifs is 1. The number of aromatic nitrogens is 6. The molecular formula is C22H21ClFN7O. The number of benzene rings is 2. The number of hydrogen-bond acceptors (Lipinski definition) is 6. The van der Waals surface area contributed by atoms with Crippen LogP contribution < -0.4 is 10.1 Å². The van der Waals surface area contributed by atoms with Crippen molar-refractivity contribution in [1.82, 2.24) is 29.5 Å². The molecule has 0 saturated heterocycles. The predicted molar refractivity (Wildman–Crippen MR) is 118 cm³/mol. The van der Waals surface area contributed by atoms with Gasteiger partial charge in [0.15, 0.2) is 0 Å². The monoisotopic (exact) mass is 453 g/mol. The Morgan fingerprint density at radius 2 is 1.97 bits per heavy atom. The molecule has 0 bridgehead atoms. The summed E-state index contributed by atoms with van der Waals surface area (Å²) in [6.45, 7) is 0.803. The number of hydrogen-bond donors (Lipinski definition) is 1. The first kappa shape index (κ1) is 20.4. The number of anilines is 2. The second kappa shape index (κ2) is 8.58. The van der Waals surface area contributed by atoms with Crippen LogP contribution in [0.15, 0.2) is 48.8 Å². The average Bonchev–Trinajstić information content (AvgIpc) is 3.35. The van der Waals surface area contributed by atoms with Crippen LogP contribution in [0.2, 0.25) is 5.28 Å². The molecule has 1 aliphatic rings. The third-order valence-corrected chi connectivity index (χ3v) is 5.72. The molecule has 4 aromatic rings. The van der Waals surface area contributed by atoms with E-state index in [-0.39, 0.29) is 17.0 Å². The van der Waals surface area contributed by atoms with E-state index in [1.807, 2.05) is 35.0 Å². The summed E-state index contributed by atoms with van der Waals surface area (Å²) < 4.78 is 22.4. The summed E-state index contributed by atoms with van der Waals surface area (Å²) in [4.78, 5) is 8.73. The van der Waals surface area contributed by atoms with Gasteiger partial charge in [0.25, 0.3) is 0 Å². The van der Waals surface area contributed by atoms with Crippen molar-refractivity contribution in [2.75, 3.05) is 12.4 Å². The lowest BCUT2D eigenvalue weighted by atomic mass is 9.93. The Labute approximate surface area is 189 Å². The van der Waals surface area contributed by atoms with Crippen LogP contribution in [0, 0.1) is 5.82 Å². The van der Waals surface area contributed by atoms with Crippen LogP contribution in [0.25, 0.3) is 5.69 Å². The Morgan fingerprint density at radius 3 is 2.72 bits per heavy atom. The third kappa shape index (κ3) is 4.03. The summed E-state index contributed by atoms with van der Waals surface area (Å²) >= 11 is 5.84. The average molecular weight is 454 g/mol. The third-order valence-electron chi connectivity index (χ3n) is 5.54. The van der Waals surface area contributed by atoms with Gasteiger partial charge in [0, 0.05) is 24.2 Å². The molecule has 10 heteroatoms. The quantitative estimate of drug-likeness (QED) is 0.471. The minimum Gasteiger partial charge on any atom is -0.494 e. The number of rotatable bonds is 5. The van der Waals surface area contributed by atoms with Gasteiger partial charge in [-0.1, -0.05) is 18.6 Å². The minimum atomic E-state index is -0.239. The van der Waals surface area contributed by atoms with Crippen molar-refractivity contribution < 1.29 is 9.13 Å². The van der Waals surface area contributed by atoms with Gasteiger partial charge < -0.3 is 10.1 Å². The van der Waals surface area contributed by atoms with Gasteiger partial charge in [0.2, 0.25) is 11.2 Å². The molecule has 0 radical (unpaired) electrons. The molecule has 1 aliphatic heterocycles. The maximum Gasteiger partial charge on any atom is 0.246 e. The molecule has 32 heavy (non-hydrogen) atoms. The van der Waals surface area contributed by atoms with E-state index < -0.39 is 0 Å². The highest BCUT2D eigenvalue weighted by molar-refractivity contribution is 6.28. The summed E-state index contributed by atoms with van der Waals surface area (Å²) in [5.41, 5.74) is 2.53. The minimum absolute atomic E-state index is 0.0788. The van der Waals surface area contributed by atoms with Gasteiger partial charge in [-0.25, -0.2) is 18.7 Å². The second-order valence-electron chi connectivity index (χ2n) is 7.59. The fourth-order valence-electron chi connectivity index (χ4n) is 4.01. The van der Waals surface area contributed by atoms with Crippen molar-refractivity contribution in [1.29, 1.82) is 0 Å². The van der Waals surface area contributed by atoms with E-state index in [4.69, 9.17) is 21.3 Å². The molecule has 2 aromatic heterocycles. The largest absolute Gasteiger partial charge is 0.494 e. The fraction of sp³-hybridized carbons (Fsp3) is 0.273. The molecule has 1 N–H and O–H groups in total. The van der Waals surface area contributed by atoms with Gasteiger partial charge in [-0.15, -0.1) is 10.2 Å². The standard InChI is InChI=1S/C22H21ClFN7O/c1-32-19-12-16(9-10-18(19)31-13-25-21(23)28-31)26-22-27-20-17(4-2-3-11-30(20)29-22)14-5-7-15(24)8-6-14/h5-10,12-13,17H,2-4,11H2,1H3,(H,26,29)/t17-/m0/s1. The highest BCUT2D eigenvalue weighted by Gasteiger charge is 2.24. The van der Waals surface area contributed by atoms with Gasteiger partial charge in [0.05, 0.1) is 7.11 Å². The molecule has 8 nitrogen and oxygen atoms in total. The molecule has 0 unspecified atom stereocenters. The lowest BCUT2D eigenvalue weighted by molar-refractivity contribution is 0.412. The van der Waals surface area contributed by atoms with Crippen LogP contribution in [-0.4, -0.2) is 36.6 Å². The van der Waals surface area contributed by atoms with Crippen molar-refractivity contribution in [3.05, 3.63) is 71.3 Å². The van der Waals surface area contributed by atoms with E-state index in [1.165, 1.54) is 18.5 Å². The second-order valence-corrected chi connectivity index (χ2v) is 7.92. The number of methoxy groups -OCH3 is 1. The normalized spacial score (nSPS) is 15.8. The molecule has 5 rings (SSSR count). The Kier molecular flexibility index (Phi) is 5.48. The van der Waals surface area contributed by atoms with Crippen LogP contribution in [0.4, 0.5) is 16.0 Å². The van der Waals surface area contributed by atoms with Crippen LogP contribution in [0.1, 0.15) is 36.6 Å². The molecule has 164 valence electrons. The zero-order valence-corrected chi connectivity index (χ0v) is 18.1. The Morgan fingerprint density at radius 1 is 1.12 bits per heavy atom. The zero-order valence-electron chi connectivity index (χ0n) is 17.4. The molecule has 0 aliphatic carbocycles. The van der Waals surface area contributed by atoms with E-state index in [9.17, 15) is 4.39 Å². The van der Waals surface area contributed by atoms with E-state index in [1.54, 1.807) is 11.8 Å². The van der Waals surface area contributed by atoms with Crippen molar-refractivity contribution in [3.8, 4) is 11.4 Å². The Bertz CT molecular complexity index is 1240. The molecule has 0 spiro atoms. The van der Waals surface area contributed by atoms with Crippen molar-refractivity contribution in [2.24, 2.45) is 0 Å². The molecule has 2 aromatic carbocycles. The summed E-state index contributed by atoms with van der Waals surface area (Å²) in [6, 6.07) is 12.2. The summed E-state index contributed by atoms with van der Waals surface area (Å²) in [6.07, 6.45) is 4.57. The number of nitrogens with one attached hydrogen (secondary N) is 1. The first-order chi connectivity index (χ1) is 15.6. The zero-order chi connectivity index (χ0) is 22.1. The molecule has 0 amide bonds. The van der Waals surface area contributed by atoms with Crippen LogP contribution in [-0.2, 0) is 6.54 Å². The van der Waals surface area contributed by atoms with Crippen LogP contribution in [0.3, 0.4) is 0 Å². The number of aryl methyl sites for hydroxylation is 1. The number of halogens is 2. The summed E-state index contributed by atoms with van der Waals surface area (Å²) in [7, 11) is 1.59. The molecule has 3 heterocycles. The van der Waals surface area contributed by atoms with Gasteiger partial charge in [0.1, 0.15) is 29.4 Å². The molecule has 1 atom stereocenters. The molecule has 0 saturated carbocycles. The summed E-state index contributed by atoms with van der Waals surface area (Å²) in [5.74, 6) is 1.83. The maximum atomic E-state index is 13.4. The predicted octanol–water partition coefficient (Wildman–Crippen LogP) is 4.72. The first-order valence-corrected chi connectivity index (χ1v) is 10.7.